The van der Waals surface area contributed by atoms with Crippen LogP contribution in [0.4, 0.5) is 4.79 Å². The molecule has 2 aromatic rings. The largest absolute Gasteiger partial charge is 0.444 e. The number of para-hydroxylation sites is 1. The van der Waals surface area contributed by atoms with Gasteiger partial charge in [-0.2, -0.15) is 0 Å². The van der Waals surface area contributed by atoms with Crippen LogP contribution in [-0.2, 0) is 11.3 Å². The van der Waals surface area contributed by atoms with Gasteiger partial charge in [-0.25, -0.2) is 4.79 Å². The van der Waals surface area contributed by atoms with Gasteiger partial charge < -0.3 is 15.0 Å². The number of hydrogen-bond donors (Lipinski definition) is 2. The molecule has 0 aliphatic heterocycles. The molecule has 2 N–H and O–H groups in total. The smallest absolute Gasteiger partial charge is 0.407 e. The highest BCUT2D eigenvalue weighted by Crippen LogP contribution is 2.17. The summed E-state index contributed by atoms with van der Waals surface area (Å²) < 4.78 is 5.19. The minimum Gasteiger partial charge on any atom is -0.444 e. The summed E-state index contributed by atoms with van der Waals surface area (Å²) in [4.78, 5) is 14.7. The van der Waals surface area contributed by atoms with Crippen molar-refractivity contribution in [2.24, 2.45) is 0 Å². The number of amides is 1. The first-order chi connectivity index (χ1) is 8.46. The Balaban J connectivity index is 2.00. The number of aromatic amines is 1. The lowest BCUT2D eigenvalue weighted by atomic mass is 10.2. The summed E-state index contributed by atoms with van der Waals surface area (Å²) in [5.41, 5.74) is 1.65. The van der Waals surface area contributed by atoms with E-state index in [1.807, 2.05) is 51.2 Å². The summed E-state index contributed by atoms with van der Waals surface area (Å²) in [6, 6.07) is 7.99. The Hall–Kier alpha value is -1.97. The lowest BCUT2D eigenvalue weighted by Gasteiger charge is -2.19. The average molecular weight is 246 g/mol. The number of fused-ring (bicyclic) bond motifs is 1. The lowest BCUT2D eigenvalue weighted by Crippen LogP contribution is -2.32. The van der Waals surface area contributed by atoms with E-state index in [2.05, 4.69) is 10.3 Å². The molecule has 18 heavy (non-hydrogen) atoms. The standard InChI is InChI=1S/C14H18N2O2/c1-14(2,3)18-13(17)16-9-10-8-15-12-7-5-4-6-11(10)12/h4-8,15H,9H2,1-3H3,(H,16,17). The second kappa shape index (κ2) is 4.72. The van der Waals surface area contributed by atoms with Crippen LogP contribution >= 0.6 is 0 Å². The van der Waals surface area contributed by atoms with Gasteiger partial charge in [0.25, 0.3) is 0 Å². The molecule has 0 fully saturated rings. The molecule has 0 spiro atoms. The van der Waals surface area contributed by atoms with Crippen LogP contribution in [0, 0.1) is 0 Å². The fraction of sp³-hybridized carbons (Fsp3) is 0.357. The van der Waals surface area contributed by atoms with Crippen LogP contribution in [0.2, 0.25) is 0 Å². The van der Waals surface area contributed by atoms with Gasteiger partial charge in [-0.15, -0.1) is 0 Å². The third-order valence-electron chi connectivity index (χ3n) is 2.50. The minimum absolute atomic E-state index is 0.396. The van der Waals surface area contributed by atoms with E-state index in [-0.39, 0.29) is 0 Å². The van der Waals surface area contributed by atoms with Crippen molar-refractivity contribution in [1.82, 2.24) is 10.3 Å². The molecule has 1 aromatic heterocycles. The lowest BCUT2D eigenvalue weighted by molar-refractivity contribution is 0.0524. The molecule has 4 nitrogen and oxygen atoms in total. The summed E-state index contributed by atoms with van der Waals surface area (Å²) in [5, 5.41) is 3.87. The summed E-state index contributed by atoms with van der Waals surface area (Å²) in [5.74, 6) is 0. The maximum Gasteiger partial charge on any atom is 0.407 e. The van der Waals surface area contributed by atoms with Gasteiger partial charge in [-0.05, 0) is 32.4 Å². The van der Waals surface area contributed by atoms with Gasteiger partial charge in [0.2, 0.25) is 0 Å². The van der Waals surface area contributed by atoms with Crippen LogP contribution in [-0.4, -0.2) is 16.7 Å². The Kier molecular flexibility index (Phi) is 3.28. The molecule has 1 aromatic carbocycles. The first kappa shape index (κ1) is 12.5. The van der Waals surface area contributed by atoms with Crippen molar-refractivity contribution in [3.63, 3.8) is 0 Å². The van der Waals surface area contributed by atoms with Crippen LogP contribution in [0.15, 0.2) is 30.5 Å². The summed E-state index contributed by atoms with van der Waals surface area (Å²) >= 11 is 0. The Bertz CT molecular complexity index is 552. The molecule has 0 aliphatic rings. The predicted octanol–water partition coefficient (Wildman–Crippen LogP) is 3.19. The predicted molar refractivity (Wildman–Crippen MR) is 71.4 cm³/mol. The van der Waals surface area contributed by atoms with Gasteiger partial charge in [0.1, 0.15) is 5.60 Å². The van der Waals surface area contributed by atoms with E-state index in [4.69, 9.17) is 4.74 Å². The topological polar surface area (TPSA) is 54.1 Å². The second-order valence-electron chi connectivity index (χ2n) is 5.21. The van der Waals surface area contributed by atoms with Crippen molar-refractivity contribution in [1.29, 1.82) is 0 Å². The Morgan fingerprint density at radius 2 is 2.06 bits per heavy atom. The van der Waals surface area contributed by atoms with E-state index in [1.165, 1.54) is 0 Å². The van der Waals surface area contributed by atoms with Crippen molar-refractivity contribution < 1.29 is 9.53 Å². The van der Waals surface area contributed by atoms with Gasteiger partial charge in [-0.1, -0.05) is 18.2 Å². The maximum atomic E-state index is 11.5. The molecular formula is C14H18N2O2. The Morgan fingerprint density at radius 1 is 1.33 bits per heavy atom. The number of carbonyl (C=O) groups excluding carboxylic acids is 1. The van der Waals surface area contributed by atoms with Crippen molar-refractivity contribution in [3.8, 4) is 0 Å². The van der Waals surface area contributed by atoms with Gasteiger partial charge >= 0.3 is 6.09 Å². The first-order valence-electron chi connectivity index (χ1n) is 5.97. The summed E-state index contributed by atoms with van der Waals surface area (Å²) in [6.45, 7) is 5.99. The first-order valence-corrected chi connectivity index (χ1v) is 5.97. The number of alkyl carbamates (subject to hydrolysis) is 1. The molecule has 0 aliphatic carbocycles. The van der Waals surface area contributed by atoms with E-state index in [9.17, 15) is 4.79 Å². The number of aromatic nitrogens is 1. The van der Waals surface area contributed by atoms with E-state index < -0.39 is 11.7 Å². The highest BCUT2D eigenvalue weighted by molar-refractivity contribution is 5.83. The van der Waals surface area contributed by atoms with Crippen LogP contribution in [0.5, 0.6) is 0 Å². The fourth-order valence-electron chi connectivity index (χ4n) is 1.76. The Labute approximate surface area is 106 Å². The van der Waals surface area contributed by atoms with Gasteiger partial charge in [0.05, 0.1) is 0 Å². The van der Waals surface area contributed by atoms with Crippen LogP contribution < -0.4 is 5.32 Å². The second-order valence-corrected chi connectivity index (χ2v) is 5.21. The third kappa shape index (κ3) is 3.03. The molecule has 96 valence electrons. The van der Waals surface area contributed by atoms with Crippen LogP contribution in [0.1, 0.15) is 26.3 Å². The highest BCUT2D eigenvalue weighted by atomic mass is 16.6. The molecule has 1 amide bonds. The number of nitrogens with one attached hydrogen (secondary N) is 2. The van der Waals surface area contributed by atoms with Gasteiger partial charge in [0, 0.05) is 23.6 Å². The molecular weight excluding hydrogens is 228 g/mol. The number of carbonyl (C=O) groups is 1. The van der Waals surface area contributed by atoms with Crippen molar-refractivity contribution in [3.05, 3.63) is 36.0 Å². The quantitative estimate of drug-likeness (QED) is 0.855. The SMILES string of the molecule is CC(C)(C)OC(=O)NCc1c[nH]c2ccccc12. The zero-order chi connectivity index (χ0) is 13.2. The minimum atomic E-state index is -0.468. The Morgan fingerprint density at radius 3 is 2.78 bits per heavy atom. The molecule has 1 heterocycles. The number of H-pyrrole nitrogens is 1. The highest BCUT2D eigenvalue weighted by Gasteiger charge is 2.16. The molecule has 0 bridgehead atoms. The third-order valence-corrected chi connectivity index (χ3v) is 2.50. The molecule has 0 unspecified atom stereocenters. The molecule has 0 atom stereocenters. The molecule has 2 rings (SSSR count). The van der Waals surface area contributed by atoms with E-state index in [0.717, 1.165) is 16.5 Å². The van der Waals surface area contributed by atoms with Crippen molar-refractivity contribution in [2.75, 3.05) is 0 Å². The van der Waals surface area contributed by atoms with E-state index in [0.29, 0.717) is 6.54 Å². The average Bonchev–Trinajstić information content (AvgIpc) is 2.67. The normalized spacial score (nSPS) is 11.5. The van der Waals surface area contributed by atoms with Crippen LogP contribution in [0.25, 0.3) is 10.9 Å². The number of rotatable bonds is 2. The van der Waals surface area contributed by atoms with Gasteiger partial charge in [0.15, 0.2) is 0 Å². The molecule has 0 saturated carbocycles. The van der Waals surface area contributed by atoms with Crippen molar-refractivity contribution in [2.45, 2.75) is 32.9 Å². The summed E-state index contributed by atoms with van der Waals surface area (Å²) in [7, 11) is 0. The molecule has 4 heteroatoms. The summed E-state index contributed by atoms with van der Waals surface area (Å²) in [6.07, 6.45) is 1.51. The zero-order valence-corrected chi connectivity index (χ0v) is 10.9. The molecule has 0 saturated heterocycles. The fourth-order valence-corrected chi connectivity index (χ4v) is 1.76. The number of benzene rings is 1. The van der Waals surface area contributed by atoms with Crippen LogP contribution in [0.3, 0.4) is 0 Å². The maximum absolute atomic E-state index is 11.5. The van der Waals surface area contributed by atoms with Crippen molar-refractivity contribution >= 4 is 17.0 Å². The monoisotopic (exact) mass is 246 g/mol. The van der Waals surface area contributed by atoms with E-state index in [1.54, 1.807) is 0 Å². The van der Waals surface area contributed by atoms with Gasteiger partial charge in [-0.3, -0.25) is 0 Å². The van der Waals surface area contributed by atoms with E-state index >= 15 is 0 Å². The zero-order valence-electron chi connectivity index (χ0n) is 10.9. The number of ether oxygens (including phenoxy) is 1. The molecule has 0 radical (unpaired) electrons. The number of hydrogen-bond acceptors (Lipinski definition) is 2.